The molecule has 0 radical (unpaired) electrons. The minimum absolute atomic E-state index is 0.0687. The molecule has 0 fully saturated rings. The van der Waals surface area contributed by atoms with Crippen molar-refractivity contribution in [2.45, 2.75) is 18.8 Å². The van der Waals surface area contributed by atoms with E-state index in [-0.39, 0.29) is 5.75 Å². The second-order valence-corrected chi connectivity index (χ2v) is 7.68. The van der Waals surface area contributed by atoms with E-state index in [0.717, 1.165) is 28.8 Å². The number of alkyl halides is 2. The van der Waals surface area contributed by atoms with Gasteiger partial charge < -0.3 is 14.6 Å². The minimum atomic E-state index is -2.88. The van der Waals surface area contributed by atoms with Crippen molar-refractivity contribution in [3.8, 4) is 11.5 Å². The Morgan fingerprint density at radius 1 is 1.18 bits per heavy atom. The molecule has 2 aromatic carbocycles. The molecular formula is C20H21F2N2O3S+. The maximum atomic E-state index is 12.4. The quantitative estimate of drug-likeness (QED) is 0.769. The van der Waals surface area contributed by atoms with E-state index in [1.54, 1.807) is 31.0 Å². The van der Waals surface area contributed by atoms with E-state index in [2.05, 4.69) is 9.64 Å². The summed E-state index contributed by atoms with van der Waals surface area (Å²) in [5.41, 5.74) is 0.243. The Morgan fingerprint density at radius 3 is 2.64 bits per heavy atom. The van der Waals surface area contributed by atoms with Gasteiger partial charge in [-0.1, -0.05) is 12.1 Å². The molecule has 5 nitrogen and oxygen atoms in total. The molecule has 28 heavy (non-hydrogen) atoms. The highest BCUT2D eigenvalue weighted by Gasteiger charge is 2.53. The fourth-order valence-electron chi connectivity index (χ4n) is 3.69. The Hall–Kier alpha value is -2.32. The predicted octanol–water partition coefficient (Wildman–Crippen LogP) is 3.47. The average molecular weight is 407 g/mol. The molecule has 1 N–H and O–H groups in total. The third-order valence-electron chi connectivity index (χ3n) is 4.96. The number of methoxy groups -OCH3 is 1. The van der Waals surface area contributed by atoms with Gasteiger partial charge in [0, 0.05) is 11.3 Å². The molecule has 2 heterocycles. The van der Waals surface area contributed by atoms with Crippen molar-refractivity contribution in [1.82, 2.24) is 0 Å². The number of para-hydroxylation sites is 2. The van der Waals surface area contributed by atoms with E-state index < -0.39 is 12.3 Å². The van der Waals surface area contributed by atoms with Crippen molar-refractivity contribution < 1.29 is 27.9 Å². The van der Waals surface area contributed by atoms with Gasteiger partial charge in [0.1, 0.15) is 5.75 Å². The molecule has 0 spiro atoms. The van der Waals surface area contributed by atoms with Gasteiger partial charge >= 0.3 is 11.8 Å². The van der Waals surface area contributed by atoms with Crippen LogP contribution >= 0.6 is 11.8 Å². The normalized spacial score (nSPS) is 21.8. The van der Waals surface area contributed by atoms with E-state index in [0.29, 0.717) is 18.7 Å². The first-order valence-corrected chi connectivity index (χ1v) is 9.97. The van der Waals surface area contributed by atoms with Gasteiger partial charge in [-0.15, -0.1) is 0 Å². The van der Waals surface area contributed by atoms with Crippen molar-refractivity contribution in [3.63, 3.8) is 0 Å². The number of ether oxygens (including phenoxy) is 2. The van der Waals surface area contributed by atoms with Crippen LogP contribution in [-0.2, 0) is 5.72 Å². The zero-order chi connectivity index (χ0) is 19.7. The number of thioether (sulfide) groups is 1. The first-order valence-electron chi connectivity index (χ1n) is 8.98. The van der Waals surface area contributed by atoms with Crippen LogP contribution in [0.1, 0.15) is 12.0 Å². The number of anilines is 1. The summed E-state index contributed by atoms with van der Waals surface area (Å²) in [5, 5.41) is 12.6. The van der Waals surface area contributed by atoms with E-state index in [4.69, 9.17) is 4.74 Å². The van der Waals surface area contributed by atoms with Crippen molar-refractivity contribution in [2.75, 3.05) is 30.9 Å². The zero-order valence-corrected chi connectivity index (χ0v) is 16.2. The molecule has 0 aromatic heterocycles. The minimum Gasteiger partial charge on any atom is -0.492 e. The monoisotopic (exact) mass is 407 g/mol. The molecule has 0 amide bonds. The van der Waals surface area contributed by atoms with Crippen LogP contribution in [0, 0.1) is 0 Å². The third-order valence-corrected chi connectivity index (χ3v) is 6.15. The Morgan fingerprint density at radius 2 is 1.93 bits per heavy atom. The molecule has 8 heteroatoms. The lowest BCUT2D eigenvalue weighted by atomic mass is 10.0. The second kappa shape index (κ2) is 7.60. The summed E-state index contributed by atoms with van der Waals surface area (Å²) in [6.07, 6.45) is 0.947. The molecule has 0 saturated carbocycles. The van der Waals surface area contributed by atoms with Crippen LogP contribution < -0.4 is 14.4 Å². The zero-order valence-electron chi connectivity index (χ0n) is 15.3. The molecule has 0 aliphatic carbocycles. The molecular weight excluding hydrogens is 386 g/mol. The number of halogens is 2. The molecule has 4 rings (SSSR count). The van der Waals surface area contributed by atoms with E-state index >= 15 is 0 Å². The molecule has 2 aliphatic rings. The number of nitrogens with zero attached hydrogens (tertiary/aromatic N) is 2. The van der Waals surface area contributed by atoms with Gasteiger partial charge in [0.05, 0.1) is 13.7 Å². The Labute approximate surface area is 166 Å². The number of rotatable bonds is 5. The van der Waals surface area contributed by atoms with Crippen LogP contribution in [0.5, 0.6) is 11.5 Å². The molecule has 2 aliphatic heterocycles. The van der Waals surface area contributed by atoms with Crippen LogP contribution in [0.4, 0.5) is 14.5 Å². The van der Waals surface area contributed by atoms with Crippen LogP contribution in [0.15, 0.2) is 48.5 Å². The summed E-state index contributed by atoms with van der Waals surface area (Å²) in [6.45, 7) is -1.86. The van der Waals surface area contributed by atoms with Crippen molar-refractivity contribution >= 4 is 22.6 Å². The molecule has 148 valence electrons. The molecule has 1 atom stereocenters. The third kappa shape index (κ3) is 3.31. The van der Waals surface area contributed by atoms with Crippen LogP contribution in [0.3, 0.4) is 0 Å². The fraction of sp³-hybridized carbons (Fsp3) is 0.350. The Balaban J connectivity index is 1.73. The standard InChI is InChI=1S/C20H21F2N2O3S/c1-26-17-6-3-2-5-16(17)23-13-20(25,24-11-4-12-28-19(23)24)14-7-9-15(10-8-14)27-18(21)22/h2-3,5-10,18,25H,4,11-13H2,1H3/q+1/t20-/m0/s1. The van der Waals surface area contributed by atoms with E-state index in [9.17, 15) is 13.9 Å². The summed E-state index contributed by atoms with van der Waals surface area (Å²) in [4.78, 5) is 2.06. The van der Waals surface area contributed by atoms with Gasteiger partial charge in [0.2, 0.25) is 0 Å². The lowest BCUT2D eigenvalue weighted by Crippen LogP contribution is -2.41. The highest BCUT2D eigenvalue weighted by Crippen LogP contribution is 2.40. The average Bonchev–Trinajstić information content (AvgIpc) is 3.02. The van der Waals surface area contributed by atoms with Gasteiger partial charge in [-0.25, -0.2) is 9.48 Å². The Kier molecular flexibility index (Phi) is 5.16. The largest absolute Gasteiger partial charge is 0.492 e. The first-order chi connectivity index (χ1) is 13.5. The highest BCUT2D eigenvalue weighted by molar-refractivity contribution is 8.13. The van der Waals surface area contributed by atoms with Crippen molar-refractivity contribution in [3.05, 3.63) is 54.1 Å². The molecule has 0 saturated heterocycles. The molecule has 2 aromatic rings. The summed E-state index contributed by atoms with van der Waals surface area (Å²) in [5.74, 6) is 1.76. The summed E-state index contributed by atoms with van der Waals surface area (Å²) in [6, 6.07) is 13.9. The van der Waals surface area contributed by atoms with E-state index in [1.807, 2.05) is 28.8 Å². The molecule has 0 bridgehead atoms. The van der Waals surface area contributed by atoms with Crippen LogP contribution in [0.2, 0.25) is 0 Å². The predicted molar refractivity (Wildman–Crippen MR) is 105 cm³/mol. The van der Waals surface area contributed by atoms with Crippen molar-refractivity contribution in [1.29, 1.82) is 0 Å². The highest BCUT2D eigenvalue weighted by atomic mass is 32.2. The SMILES string of the molecule is COc1ccccc1N1C[C@](O)(c2ccc(OC(F)F)cc2)[N+]2=C1SCCC2. The fourth-order valence-corrected chi connectivity index (χ4v) is 4.86. The van der Waals surface area contributed by atoms with Gasteiger partial charge in [0.25, 0.3) is 5.72 Å². The van der Waals surface area contributed by atoms with Crippen molar-refractivity contribution in [2.24, 2.45) is 0 Å². The van der Waals surface area contributed by atoms with Crippen LogP contribution in [0.25, 0.3) is 0 Å². The number of hydrogen-bond donors (Lipinski definition) is 1. The van der Waals surface area contributed by atoms with Gasteiger partial charge in [-0.05, 0) is 54.6 Å². The summed E-state index contributed by atoms with van der Waals surface area (Å²) < 4.78 is 36.8. The summed E-state index contributed by atoms with van der Waals surface area (Å²) in [7, 11) is 1.62. The number of aliphatic hydroxyl groups is 1. The second-order valence-electron chi connectivity index (χ2n) is 6.61. The Bertz CT molecular complexity index is 891. The summed E-state index contributed by atoms with van der Waals surface area (Å²) >= 11 is 1.69. The van der Waals surface area contributed by atoms with Crippen LogP contribution in [-0.4, -0.2) is 47.4 Å². The van der Waals surface area contributed by atoms with E-state index in [1.165, 1.54) is 12.1 Å². The van der Waals surface area contributed by atoms with Gasteiger partial charge in [-0.3, -0.25) is 0 Å². The number of β-amino-alcohol motifs (C(OH)–C–C–N with tert-alkyl or cyclic N) is 1. The van der Waals surface area contributed by atoms with Gasteiger partial charge in [0.15, 0.2) is 18.0 Å². The maximum absolute atomic E-state index is 12.4. The number of amidine groups is 1. The number of benzene rings is 2. The maximum Gasteiger partial charge on any atom is 0.387 e. The first kappa shape index (κ1) is 19.0. The lowest BCUT2D eigenvalue weighted by Gasteiger charge is -2.24. The topological polar surface area (TPSA) is 44.9 Å². The number of hydrogen-bond acceptors (Lipinski definition) is 5. The van der Waals surface area contributed by atoms with Gasteiger partial charge in [-0.2, -0.15) is 8.78 Å². The smallest absolute Gasteiger partial charge is 0.387 e. The molecule has 0 unspecified atom stereocenters. The lowest BCUT2D eigenvalue weighted by molar-refractivity contribution is -0.656.